The van der Waals surface area contributed by atoms with E-state index in [1.165, 1.54) is 43.2 Å². The van der Waals surface area contributed by atoms with Crippen LogP contribution in [0.2, 0.25) is 0 Å². The van der Waals surface area contributed by atoms with E-state index in [0.717, 1.165) is 31.0 Å². The van der Waals surface area contributed by atoms with Gasteiger partial charge in [0.2, 0.25) is 0 Å². The Morgan fingerprint density at radius 1 is 1.33 bits per heavy atom. The highest BCUT2D eigenvalue weighted by atomic mass is 16.1. The number of carbonyl (C=O) groups excluding carboxylic acids is 1. The minimum Gasteiger partial charge on any atom is -0.352 e. The van der Waals surface area contributed by atoms with Gasteiger partial charge in [0.15, 0.2) is 0 Å². The molecule has 3 heteroatoms. The quantitative estimate of drug-likeness (QED) is 0.872. The molecule has 0 aromatic heterocycles. The van der Waals surface area contributed by atoms with Crippen LogP contribution in [0.15, 0.2) is 18.2 Å². The van der Waals surface area contributed by atoms with Gasteiger partial charge in [0.25, 0.3) is 5.91 Å². The third-order valence-corrected chi connectivity index (χ3v) is 4.96. The number of rotatable bonds is 5. The Labute approximate surface area is 127 Å². The molecule has 0 spiro atoms. The maximum atomic E-state index is 12.0. The first kappa shape index (κ1) is 14.6. The minimum absolute atomic E-state index is 0.0919. The number of hydrogen-bond acceptors (Lipinski definition) is 2. The van der Waals surface area contributed by atoms with Gasteiger partial charge in [0.05, 0.1) is 0 Å². The molecule has 0 saturated heterocycles. The molecule has 1 saturated carbocycles. The summed E-state index contributed by atoms with van der Waals surface area (Å²) in [7, 11) is 0. The van der Waals surface area contributed by atoms with Crippen molar-refractivity contribution in [2.24, 2.45) is 5.92 Å². The van der Waals surface area contributed by atoms with Crippen molar-refractivity contribution in [2.45, 2.75) is 51.5 Å². The van der Waals surface area contributed by atoms with Crippen molar-refractivity contribution in [3.8, 4) is 0 Å². The zero-order valence-electron chi connectivity index (χ0n) is 13.0. The third-order valence-electron chi connectivity index (χ3n) is 4.96. The van der Waals surface area contributed by atoms with E-state index in [2.05, 4.69) is 35.8 Å². The molecule has 1 aliphatic heterocycles. The summed E-state index contributed by atoms with van der Waals surface area (Å²) in [6.45, 7) is 3.90. The molecule has 1 fully saturated rings. The van der Waals surface area contributed by atoms with Crippen LogP contribution >= 0.6 is 0 Å². The molecule has 1 aliphatic carbocycles. The van der Waals surface area contributed by atoms with Gasteiger partial charge in [0.1, 0.15) is 0 Å². The van der Waals surface area contributed by atoms with Crippen LogP contribution in [0.1, 0.15) is 66.6 Å². The van der Waals surface area contributed by atoms with E-state index in [9.17, 15) is 4.79 Å². The molecule has 21 heavy (non-hydrogen) atoms. The number of hydrogen-bond donors (Lipinski definition) is 2. The Hall–Kier alpha value is -1.35. The number of carbonyl (C=O) groups is 1. The molecule has 3 rings (SSSR count). The SMILES string of the molecule is CCNC(CC1CCCC1)c1ccc2c(c1)C(=O)NCC2. The number of fused-ring (bicyclic) bond motifs is 1. The average Bonchev–Trinajstić information content (AvgIpc) is 3.00. The first-order valence-corrected chi connectivity index (χ1v) is 8.42. The van der Waals surface area contributed by atoms with Gasteiger partial charge < -0.3 is 10.6 Å². The van der Waals surface area contributed by atoms with E-state index in [1.807, 2.05) is 0 Å². The Morgan fingerprint density at radius 2 is 2.14 bits per heavy atom. The van der Waals surface area contributed by atoms with Gasteiger partial charge in [-0.25, -0.2) is 0 Å². The lowest BCUT2D eigenvalue weighted by molar-refractivity contribution is 0.0946. The molecule has 1 aromatic rings. The van der Waals surface area contributed by atoms with Crippen LogP contribution in [0.3, 0.4) is 0 Å². The molecule has 1 unspecified atom stereocenters. The van der Waals surface area contributed by atoms with Crippen LogP contribution in [0, 0.1) is 5.92 Å². The Balaban J connectivity index is 1.81. The standard InChI is InChI=1S/C18H26N2O/c1-2-19-17(11-13-5-3-4-6-13)15-8-7-14-9-10-20-18(21)16(14)12-15/h7-8,12-13,17,19H,2-6,9-11H2,1H3,(H,20,21). The topological polar surface area (TPSA) is 41.1 Å². The Kier molecular flexibility index (Phi) is 4.59. The molecular formula is C18H26N2O. The number of amides is 1. The Morgan fingerprint density at radius 3 is 2.90 bits per heavy atom. The Bertz CT molecular complexity index is 506. The number of benzene rings is 1. The largest absolute Gasteiger partial charge is 0.352 e. The first-order chi connectivity index (χ1) is 10.3. The van der Waals surface area contributed by atoms with E-state index >= 15 is 0 Å². The first-order valence-electron chi connectivity index (χ1n) is 8.42. The molecule has 1 atom stereocenters. The summed E-state index contributed by atoms with van der Waals surface area (Å²) >= 11 is 0. The maximum absolute atomic E-state index is 12.0. The van der Waals surface area contributed by atoms with Crippen LogP contribution in [0.5, 0.6) is 0 Å². The summed E-state index contributed by atoms with van der Waals surface area (Å²) in [6, 6.07) is 6.88. The highest BCUT2D eigenvalue weighted by Gasteiger charge is 2.23. The summed E-state index contributed by atoms with van der Waals surface area (Å²) in [5, 5.41) is 6.57. The molecule has 3 nitrogen and oxygen atoms in total. The fourth-order valence-electron chi connectivity index (χ4n) is 3.81. The van der Waals surface area contributed by atoms with Gasteiger partial charge in [-0.05, 0) is 42.5 Å². The van der Waals surface area contributed by atoms with E-state index < -0.39 is 0 Å². The fraction of sp³-hybridized carbons (Fsp3) is 0.611. The van der Waals surface area contributed by atoms with Crippen molar-refractivity contribution in [3.63, 3.8) is 0 Å². The minimum atomic E-state index is 0.0919. The average molecular weight is 286 g/mol. The van der Waals surface area contributed by atoms with E-state index in [4.69, 9.17) is 0 Å². The monoisotopic (exact) mass is 286 g/mol. The highest BCUT2D eigenvalue weighted by Crippen LogP contribution is 2.33. The van der Waals surface area contributed by atoms with E-state index in [1.54, 1.807) is 0 Å². The van der Waals surface area contributed by atoms with Crippen molar-refractivity contribution in [1.82, 2.24) is 10.6 Å². The lowest BCUT2D eigenvalue weighted by Crippen LogP contribution is -2.32. The summed E-state index contributed by atoms with van der Waals surface area (Å²) in [5.74, 6) is 0.938. The molecule has 1 amide bonds. The van der Waals surface area contributed by atoms with Gasteiger partial charge in [-0.1, -0.05) is 44.7 Å². The molecule has 2 N–H and O–H groups in total. The van der Waals surface area contributed by atoms with Crippen LogP contribution < -0.4 is 10.6 Å². The summed E-state index contributed by atoms with van der Waals surface area (Å²) < 4.78 is 0. The summed E-state index contributed by atoms with van der Waals surface area (Å²) in [5.41, 5.74) is 3.35. The van der Waals surface area contributed by atoms with Gasteiger partial charge in [-0.3, -0.25) is 4.79 Å². The molecule has 114 valence electrons. The molecule has 1 aromatic carbocycles. The predicted molar refractivity (Wildman–Crippen MR) is 85.5 cm³/mol. The molecule has 0 bridgehead atoms. The normalized spacial score (nSPS) is 20.1. The second-order valence-electron chi connectivity index (χ2n) is 6.42. The van der Waals surface area contributed by atoms with Crippen molar-refractivity contribution in [1.29, 1.82) is 0 Å². The molecule has 2 aliphatic rings. The van der Waals surface area contributed by atoms with Gasteiger partial charge in [-0.2, -0.15) is 0 Å². The van der Waals surface area contributed by atoms with Crippen molar-refractivity contribution < 1.29 is 4.79 Å². The second kappa shape index (κ2) is 6.61. The van der Waals surface area contributed by atoms with Crippen LogP contribution in [-0.4, -0.2) is 19.0 Å². The zero-order valence-corrected chi connectivity index (χ0v) is 13.0. The van der Waals surface area contributed by atoms with E-state index in [0.29, 0.717) is 6.04 Å². The number of nitrogens with one attached hydrogen (secondary N) is 2. The second-order valence-corrected chi connectivity index (χ2v) is 6.42. The van der Waals surface area contributed by atoms with Crippen LogP contribution in [0.4, 0.5) is 0 Å². The lowest BCUT2D eigenvalue weighted by Gasteiger charge is -2.24. The molecule has 0 radical (unpaired) electrons. The predicted octanol–water partition coefficient (Wildman–Crippen LogP) is 3.20. The molecular weight excluding hydrogens is 260 g/mol. The smallest absolute Gasteiger partial charge is 0.251 e. The van der Waals surface area contributed by atoms with Crippen LogP contribution in [-0.2, 0) is 6.42 Å². The van der Waals surface area contributed by atoms with Gasteiger partial charge >= 0.3 is 0 Å². The van der Waals surface area contributed by atoms with Crippen molar-refractivity contribution in [2.75, 3.05) is 13.1 Å². The summed E-state index contributed by atoms with van der Waals surface area (Å²) in [4.78, 5) is 12.0. The fourth-order valence-corrected chi connectivity index (χ4v) is 3.81. The highest BCUT2D eigenvalue weighted by molar-refractivity contribution is 5.96. The third kappa shape index (κ3) is 3.29. The lowest BCUT2D eigenvalue weighted by atomic mass is 9.90. The van der Waals surface area contributed by atoms with Gasteiger partial charge in [0, 0.05) is 18.2 Å². The summed E-state index contributed by atoms with van der Waals surface area (Å²) in [6.07, 6.45) is 7.66. The van der Waals surface area contributed by atoms with Crippen LogP contribution in [0.25, 0.3) is 0 Å². The van der Waals surface area contributed by atoms with Gasteiger partial charge in [-0.15, -0.1) is 0 Å². The van der Waals surface area contributed by atoms with Crippen molar-refractivity contribution >= 4 is 5.91 Å². The van der Waals surface area contributed by atoms with E-state index in [-0.39, 0.29) is 5.91 Å². The maximum Gasteiger partial charge on any atom is 0.251 e. The van der Waals surface area contributed by atoms with Crippen molar-refractivity contribution in [3.05, 3.63) is 34.9 Å². The zero-order chi connectivity index (χ0) is 14.7. The molecule has 1 heterocycles.